The van der Waals surface area contributed by atoms with Gasteiger partial charge in [-0.05, 0) is 6.42 Å². The predicted molar refractivity (Wildman–Crippen MR) is 27.6 cm³/mol. The van der Waals surface area contributed by atoms with Gasteiger partial charge in [0.15, 0.2) is 0 Å². The van der Waals surface area contributed by atoms with Crippen LogP contribution in [0.2, 0.25) is 0 Å². The van der Waals surface area contributed by atoms with Crippen LogP contribution >= 0.6 is 0 Å². The Morgan fingerprint density at radius 2 is 2.00 bits per heavy atom. The van der Waals surface area contributed by atoms with E-state index >= 15 is 0 Å². The summed E-state index contributed by atoms with van der Waals surface area (Å²) >= 11 is 0. The summed E-state index contributed by atoms with van der Waals surface area (Å²) in [4.78, 5) is 19.9. The van der Waals surface area contributed by atoms with Crippen molar-refractivity contribution in [3.63, 3.8) is 0 Å². The number of aliphatic carboxylic acids is 1. The van der Waals surface area contributed by atoms with Gasteiger partial charge in [-0.3, -0.25) is 4.79 Å². The van der Waals surface area contributed by atoms with E-state index in [4.69, 9.17) is 5.11 Å². The number of rotatable bonds is 3. The lowest BCUT2D eigenvalue weighted by Gasteiger charge is -1.85. The van der Waals surface area contributed by atoms with Gasteiger partial charge < -0.3 is 5.11 Å². The van der Waals surface area contributed by atoms with Crippen molar-refractivity contribution in [2.45, 2.75) is 19.8 Å². The number of carbonyl (C=O) groups is 2. The molecular weight excluding hydrogens is 108 g/mol. The van der Waals surface area contributed by atoms with E-state index in [9.17, 15) is 9.59 Å². The summed E-state index contributed by atoms with van der Waals surface area (Å²) in [6.07, 6.45) is 0.750. The maximum atomic E-state index is 10.1. The molecule has 0 radical (unpaired) electrons. The van der Waals surface area contributed by atoms with Crippen molar-refractivity contribution < 1.29 is 14.7 Å². The number of carboxylic acid groups (broad SMARTS) is 1. The summed E-state index contributed by atoms with van der Waals surface area (Å²) in [6.45, 7) is 1.76. The first-order valence-corrected chi connectivity index (χ1v) is 2.44. The van der Waals surface area contributed by atoms with Crippen molar-refractivity contribution in [3.8, 4) is 0 Å². The smallest absolute Gasteiger partial charge is 0.372 e. The zero-order chi connectivity index (χ0) is 6.57. The average Bonchev–Trinajstić information content (AvgIpc) is 1.67. The maximum Gasteiger partial charge on any atom is 0.372 e. The summed E-state index contributed by atoms with van der Waals surface area (Å²) in [5.41, 5.74) is 0. The predicted octanol–water partition coefficient (Wildman–Crippen LogP) is 0.440. The van der Waals surface area contributed by atoms with Gasteiger partial charge in [0.05, 0.1) is 0 Å². The first kappa shape index (κ1) is 7.14. The Bertz CT molecular complexity index is 106. The Morgan fingerprint density at radius 3 is 2.12 bits per heavy atom. The van der Waals surface area contributed by atoms with Gasteiger partial charge in [0.1, 0.15) is 0 Å². The van der Waals surface area contributed by atoms with E-state index in [2.05, 4.69) is 0 Å². The van der Waals surface area contributed by atoms with E-state index in [1.807, 2.05) is 0 Å². The first-order valence-electron chi connectivity index (χ1n) is 2.44. The van der Waals surface area contributed by atoms with Crippen LogP contribution in [0.5, 0.6) is 0 Å². The molecular formula is C5H8O3. The number of ketones is 1. The fourth-order valence-corrected chi connectivity index (χ4v) is 0.334. The second kappa shape index (κ2) is 3.18. The minimum Gasteiger partial charge on any atom is -0.476 e. The maximum absolute atomic E-state index is 10.1. The van der Waals surface area contributed by atoms with Gasteiger partial charge in [0.25, 0.3) is 0 Å². The molecule has 0 aliphatic carbocycles. The van der Waals surface area contributed by atoms with E-state index in [1.54, 1.807) is 6.92 Å². The Balaban J connectivity index is 3.49. The Kier molecular flexibility index (Phi) is 2.84. The Morgan fingerprint density at radius 1 is 1.50 bits per heavy atom. The molecule has 0 aromatic carbocycles. The van der Waals surface area contributed by atoms with Gasteiger partial charge >= 0.3 is 5.97 Å². The number of hydrogen-bond donors (Lipinski definition) is 1. The number of carbonyl (C=O) groups excluding carboxylic acids is 1. The molecule has 0 spiro atoms. The molecule has 0 aromatic heterocycles. The molecule has 46 valence electrons. The molecule has 1 N–H and O–H groups in total. The van der Waals surface area contributed by atoms with Crippen LogP contribution in [0.15, 0.2) is 0 Å². The SMILES string of the molecule is CCCC(=O)C(=O)O. The standard InChI is InChI=1S/C5H8O3/c1-2-3-4(6)5(7)8/h2-3H2,1H3,(H,7,8). The molecule has 0 fully saturated rings. The first-order chi connectivity index (χ1) is 3.68. The lowest BCUT2D eigenvalue weighted by Crippen LogP contribution is -2.10. The lowest BCUT2D eigenvalue weighted by molar-refractivity contribution is -0.149. The van der Waals surface area contributed by atoms with E-state index < -0.39 is 11.8 Å². The number of carboxylic acids is 1. The van der Waals surface area contributed by atoms with Crippen LogP contribution in [-0.4, -0.2) is 16.9 Å². The fraction of sp³-hybridized carbons (Fsp3) is 0.600. The van der Waals surface area contributed by atoms with Crippen molar-refractivity contribution in [1.29, 1.82) is 0 Å². The van der Waals surface area contributed by atoms with Crippen molar-refractivity contribution in [1.82, 2.24) is 0 Å². The van der Waals surface area contributed by atoms with Gasteiger partial charge in [0.2, 0.25) is 5.78 Å². The van der Waals surface area contributed by atoms with E-state index in [-0.39, 0.29) is 6.42 Å². The number of Topliss-reactive ketones (excluding diaryl/α,β-unsaturated/α-hetero) is 1. The lowest BCUT2D eigenvalue weighted by atomic mass is 10.2. The highest BCUT2D eigenvalue weighted by molar-refractivity contribution is 6.32. The van der Waals surface area contributed by atoms with Gasteiger partial charge in [-0.15, -0.1) is 0 Å². The van der Waals surface area contributed by atoms with Crippen LogP contribution in [0.25, 0.3) is 0 Å². The molecule has 0 saturated carbocycles. The minimum absolute atomic E-state index is 0.148. The van der Waals surface area contributed by atoms with Crippen molar-refractivity contribution in [2.75, 3.05) is 0 Å². The topological polar surface area (TPSA) is 54.4 Å². The third kappa shape index (κ3) is 2.34. The van der Waals surface area contributed by atoms with E-state index in [0.717, 1.165) is 0 Å². The van der Waals surface area contributed by atoms with Gasteiger partial charge in [-0.1, -0.05) is 6.92 Å². The third-order valence-corrected chi connectivity index (χ3v) is 0.716. The normalized spacial score (nSPS) is 8.62. The second-order valence-corrected chi connectivity index (χ2v) is 1.48. The largest absolute Gasteiger partial charge is 0.476 e. The molecule has 0 aliphatic rings. The second-order valence-electron chi connectivity index (χ2n) is 1.48. The Hall–Kier alpha value is -0.860. The molecule has 0 atom stereocenters. The minimum atomic E-state index is -1.33. The average molecular weight is 116 g/mol. The summed E-state index contributed by atoms with van der Waals surface area (Å²) < 4.78 is 0. The van der Waals surface area contributed by atoms with Crippen LogP contribution in [0.1, 0.15) is 19.8 Å². The summed E-state index contributed by atoms with van der Waals surface area (Å²) in [5, 5.41) is 7.96. The monoisotopic (exact) mass is 116 g/mol. The summed E-state index contributed by atoms with van der Waals surface area (Å²) in [6, 6.07) is 0. The van der Waals surface area contributed by atoms with Crippen LogP contribution in [0.3, 0.4) is 0 Å². The van der Waals surface area contributed by atoms with Crippen molar-refractivity contribution in [2.24, 2.45) is 0 Å². The summed E-state index contributed by atoms with van der Waals surface area (Å²) in [5.74, 6) is -2.03. The van der Waals surface area contributed by atoms with E-state index in [1.165, 1.54) is 0 Å². The molecule has 0 heterocycles. The van der Waals surface area contributed by atoms with Crippen LogP contribution in [-0.2, 0) is 9.59 Å². The Labute approximate surface area is 47.3 Å². The molecule has 8 heavy (non-hydrogen) atoms. The highest BCUT2D eigenvalue weighted by Gasteiger charge is 2.07. The molecule has 3 heteroatoms. The summed E-state index contributed by atoms with van der Waals surface area (Å²) in [7, 11) is 0. The van der Waals surface area contributed by atoms with Crippen molar-refractivity contribution in [3.05, 3.63) is 0 Å². The van der Waals surface area contributed by atoms with Gasteiger partial charge in [-0.2, -0.15) is 0 Å². The quantitative estimate of drug-likeness (QED) is 0.544. The fourth-order valence-electron chi connectivity index (χ4n) is 0.334. The van der Waals surface area contributed by atoms with Gasteiger partial charge in [-0.25, -0.2) is 4.79 Å². The zero-order valence-corrected chi connectivity index (χ0v) is 4.68. The van der Waals surface area contributed by atoms with Crippen LogP contribution in [0.4, 0.5) is 0 Å². The van der Waals surface area contributed by atoms with Gasteiger partial charge in [0, 0.05) is 6.42 Å². The zero-order valence-electron chi connectivity index (χ0n) is 4.68. The molecule has 0 rings (SSSR count). The molecule has 0 aliphatic heterocycles. The highest BCUT2D eigenvalue weighted by Crippen LogP contribution is 1.87. The molecule has 0 unspecified atom stereocenters. The number of hydrogen-bond acceptors (Lipinski definition) is 2. The van der Waals surface area contributed by atoms with Crippen LogP contribution < -0.4 is 0 Å². The highest BCUT2D eigenvalue weighted by atomic mass is 16.4. The molecule has 3 nitrogen and oxygen atoms in total. The van der Waals surface area contributed by atoms with E-state index in [0.29, 0.717) is 6.42 Å². The van der Waals surface area contributed by atoms with Crippen LogP contribution in [0, 0.1) is 0 Å². The third-order valence-electron chi connectivity index (χ3n) is 0.716. The molecule has 0 amide bonds. The van der Waals surface area contributed by atoms with Crippen molar-refractivity contribution >= 4 is 11.8 Å². The molecule has 0 aromatic rings. The molecule has 0 saturated heterocycles. The molecule has 0 bridgehead atoms.